The van der Waals surface area contributed by atoms with E-state index in [1.165, 1.54) is 32.1 Å². The summed E-state index contributed by atoms with van der Waals surface area (Å²) in [5.74, 6) is 0.829. The molecule has 1 saturated carbocycles. The molecule has 0 radical (unpaired) electrons. The molecular formula is C16H22ClN3. The van der Waals surface area contributed by atoms with Crippen LogP contribution in [0.1, 0.15) is 44.7 Å². The van der Waals surface area contributed by atoms with Crippen LogP contribution < -0.4 is 5.32 Å². The van der Waals surface area contributed by atoms with Gasteiger partial charge in [0, 0.05) is 25.0 Å². The molecular weight excluding hydrogens is 270 g/mol. The number of nitrogens with zero attached hydrogens (tertiary/aromatic N) is 2. The first-order chi connectivity index (χ1) is 9.72. The number of rotatable bonds is 4. The van der Waals surface area contributed by atoms with E-state index in [1.54, 1.807) is 0 Å². The summed E-state index contributed by atoms with van der Waals surface area (Å²) in [5.41, 5.74) is 2.03. The van der Waals surface area contributed by atoms with E-state index in [9.17, 15) is 0 Å². The van der Waals surface area contributed by atoms with Gasteiger partial charge >= 0.3 is 0 Å². The van der Waals surface area contributed by atoms with Gasteiger partial charge in [-0.05, 0) is 37.8 Å². The summed E-state index contributed by atoms with van der Waals surface area (Å²) in [6, 6.07) is 4.41. The Labute approximate surface area is 125 Å². The van der Waals surface area contributed by atoms with Gasteiger partial charge in [-0.1, -0.05) is 30.9 Å². The Bertz CT molecular complexity index is 572. The van der Waals surface area contributed by atoms with Crippen LogP contribution in [-0.2, 0) is 6.54 Å². The van der Waals surface area contributed by atoms with Gasteiger partial charge in [-0.25, -0.2) is 4.98 Å². The second-order valence-electron chi connectivity index (χ2n) is 5.91. The van der Waals surface area contributed by atoms with E-state index in [-0.39, 0.29) is 0 Å². The molecule has 1 aliphatic carbocycles. The fourth-order valence-electron chi connectivity index (χ4n) is 3.17. The van der Waals surface area contributed by atoms with Crippen molar-refractivity contribution in [3.05, 3.63) is 35.2 Å². The van der Waals surface area contributed by atoms with E-state index in [0.717, 1.165) is 28.8 Å². The quantitative estimate of drug-likeness (QED) is 0.921. The molecule has 108 valence electrons. The van der Waals surface area contributed by atoms with Gasteiger partial charge in [0.2, 0.25) is 0 Å². The Hall–Kier alpha value is -1.06. The number of hydrogen-bond acceptors (Lipinski definition) is 2. The second kappa shape index (κ2) is 6.15. The summed E-state index contributed by atoms with van der Waals surface area (Å²) in [6.45, 7) is 3.14. The van der Waals surface area contributed by atoms with Gasteiger partial charge in [-0.3, -0.25) is 0 Å². The third-order valence-electron chi connectivity index (χ3n) is 4.43. The number of hydrogen-bond donors (Lipinski definition) is 1. The van der Waals surface area contributed by atoms with Gasteiger partial charge in [0.1, 0.15) is 5.65 Å². The Morgan fingerprint density at radius 2 is 2.10 bits per heavy atom. The Morgan fingerprint density at radius 3 is 2.90 bits per heavy atom. The fraction of sp³-hybridized carbons (Fsp3) is 0.562. The van der Waals surface area contributed by atoms with Gasteiger partial charge in [0.15, 0.2) is 0 Å². The Balaban J connectivity index is 1.61. The van der Waals surface area contributed by atoms with Crippen molar-refractivity contribution in [3.8, 4) is 0 Å². The maximum Gasteiger partial charge on any atom is 0.137 e. The molecule has 3 rings (SSSR count). The van der Waals surface area contributed by atoms with E-state index in [1.807, 2.05) is 22.7 Å². The first-order valence-electron chi connectivity index (χ1n) is 7.59. The maximum atomic E-state index is 5.99. The molecule has 0 amide bonds. The van der Waals surface area contributed by atoms with Crippen molar-refractivity contribution in [1.29, 1.82) is 0 Å². The third kappa shape index (κ3) is 3.15. The van der Waals surface area contributed by atoms with Crippen molar-refractivity contribution in [3.63, 3.8) is 0 Å². The number of aromatic nitrogens is 2. The number of pyridine rings is 1. The normalized spacial score (nSPS) is 18.5. The van der Waals surface area contributed by atoms with Crippen molar-refractivity contribution in [2.45, 2.75) is 51.6 Å². The summed E-state index contributed by atoms with van der Waals surface area (Å²) < 4.78 is 1.99. The smallest absolute Gasteiger partial charge is 0.137 e. The molecule has 20 heavy (non-hydrogen) atoms. The van der Waals surface area contributed by atoms with Crippen molar-refractivity contribution in [2.75, 3.05) is 0 Å². The van der Waals surface area contributed by atoms with Gasteiger partial charge < -0.3 is 9.72 Å². The molecule has 2 aromatic heterocycles. The lowest BCUT2D eigenvalue weighted by atomic mass is 9.84. The van der Waals surface area contributed by atoms with Crippen LogP contribution in [0.4, 0.5) is 0 Å². The Morgan fingerprint density at radius 1 is 1.30 bits per heavy atom. The molecule has 1 N–H and O–H groups in total. The number of fused-ring (bicyclic) bond motifs is 1. The molecule has 0 aliphatic heterocycles. The summed E-state index contributed by atoms with van der Waals surface area (Å²) in [5, 5.41) is 4.38. The predicted octanol–water partition coefficient (Wildman–Crippen LogP) is 4.05. The highest BCUT2D eigenvalue weighted by Gasteiger charge is 2.19. The topological polar surface area (TPSA) is 29.3 Å². The van der Waals surface area contributed by atoms with Crippen molar-refractivity contribution >= 4 is 17.2 Å². The summed E-state index contributed by atoms with van der Waals surface area (Å²) in [4.78, 5) is 4.61. The zero-order chi connectivity index (χ0) is 13.9. The van der Waals surface area contributed by atoms with E-state index in [0.29, 0.717) is 6.04 Å². The van der Waals surface area contributed by atoms with E-state index < -0.39 is 0 Å². The molecule has 4 heteroatoms. The first kappa shape index (κ1) is 13.9. The van der Waals surface area contributed by atoms with Crippen molar-refractivity contribution in [1.82, 2.24) is 14.7 Å². The average Bonchev–Trinajstić information content (AvgIpc) is 2.87. The van der Waals surface area contributed by atoms with E-state index in [2.05, 4.69) is 23.4 Å². The lowest BCUT2D eigenvalue weighted by molar-refractivity contribution is 0.280. The SMILES string of the molecule is C[C@@H](NCc1cn2cc(Cl)ccc2n1)C1CCCCC1. The minimum atomic E-state index is 0.573. The van der Waals surface area contributed by atoms with E-state index in [4.69, 9.17) is 11.6 Å². The zero-order valence-corrected chi connectivity index (χ0v) is 12.7. The van der Waals surface area contributed by atoms with Gasteiger partial charge in [-0.2, -0.15) is 0 Å². The number of nitrogens with one attached hydrogen (secondary N) is 1. The monoisotopic (exact) mass is 291 g/mol. The standard InChI is InChI=1S/C16H22ClN3/c1-12(13-5-3-2-4-6-13)18-9-15-11-20-10-14(17)7-8-16(20)19-15/h7-8,10-13,18H,2-6,9H2,1H3/t12-/m1/s1. The van der Waals surface area contributed by atoms with Crippen LogP contribution in [0.25, 0.3) is 5.65 Å². The highest BCUT2D eigenvalue weighted by Crippen LogP contribution is 2.26. The minimum absolute atomic E-state index is 0.573. The molecule has 0 saturated heterocycles. The van der Waals surface area contributed by atoms with Crippen LogP contribution in [0.15, 0.2) is 24.5 Å². The molecule has 1 fully saturated rings. The summed E-state index contributed by atoms with van der Waals surface area (Å²) in [7, 11) is 0. The van der Waals surface area contributed by atoms with Gasteiger partial charge in [-0.15, -0.1) is 0 Å². The molecule has 1 aliphatic rings. The highest BCUT2D eigenvalue weighted by atomic mass is 35.5. The number of imidazole rings is 1. The fourth-order valence-corrected chi connectivity index (χ4v) is 3.34. The third-order valence-corrected chi connectivity index (χ3v) is 4.65. The molecule has 2 heterocycles. The predicted molar refractivity (Wildman–Crippen MR) is 83.1 cm³/mol. The van der Waals surface area contributed by atoms with Gasteiger partial charge in [0.25, 0.3) is 0 Å². The van der Waals surface area contributed by atoms with Gasteiger partial charge in [0.05, 0.1) is 10.7 Å². The summed E-state index contributed by atoms with van der Waals surface area (Å²) in [6.07, 6.45) is 10.9. The lowest BCUT2D eigenvalue weighted by Gasteiger charge is -2.28. The van der Waals surface area contributed by atoms with Crippen LogP contribution in [0.5, 0.6) is 0 Å². The van der Waals surface area contributed by atoms with Crippen LogP contribution in [0, 0.1) is 5.92 Å². The first-order valence-corrected chi connectivity index (χ1v) is 7.97. The minimum Gasteiger partial charge on any atom is -0.308 e. The molecule has 1 atom stereocenters. The second-order valence-corrected chi connectivity index (χ2v) is 6.35. The van der Waals surface area contributed by atoms with Crippen LogP contribution in [0.3, 0.4) is 0 Å². The molecule has 2 aromatic rings. The molecule has 3 nitrogen and oxygen atoms in total. The molecule has 0 bridgehead atoms. The highest BCUT2D eigenvalue weighted by molar-refractivity contribution is 6.30. The Kier molecular flexibility index (Phi) is 4.27. The molecule has 0 unspecified atom stereocenters. The molecule has 0 aromatic carbocycles. The van der Waals surface area contributed by atoms with E-state index >= 15 is 0 Å². The zero-order valence-electron chi connectivity index (χ0n) is 12.0. The van der Waals surface area contributed by atoms with Crippen LogP contribution >= 0.6 is 11.6 Å². The largest absolute Gasteiger partial charge is 0.308 e. The maximum absolute atomic E-state index is 5.99. The lowest BCUT2D eigenvalue weighted by Crippen LogP contribution is -2.34. The van der Waals surface area contributed by atoms with Crippen molar-refractivity contribution in [2.24, 2.45) is 5.92 Å². The average molecular weight is 292 g/mol. The van der Waals surface area contributed by atoms with Crippen LogP contribution in [-0.4, -0.2) is 15.4 Å². The van der Waals surface area contributed by atoms with Crippen LogP contribution in [0.2, 0.25) is 5.02 Å². The molecule has 0 spiro atoms. The van der Waals surface area contributed by atoms with Crippen molar-refractivity contribution < 1.29 is 0 Å². The summed E-state index contributed by atoms with van der Waals surface area (Å²) >= 11 is 5.99. The number of halogens is 1.